The van der Waals surface area contributed by atoms with Crippen molar-refractivity contribution in [2.24, 2.45) is 0 Å². The van der Waals surface area contributed by atoms with Crippen molar-refractivity contribution < 1.29 is 14.5 Å². The van der Waals surface area contributed by atoms with E-state index in [1.807, 2.05) is 0 Å². The molecule has 2 fully saturated rings. The van der Waals surface area contributed by atoms with Gasteiger partial charge in [-0.15, -0.1) is 12.4 Å². The Bertz CT molecular complexity index is 637. The molecule has 1 aromatic carbocycles. The number of hydrogen-bond donors (Lipinski definition) is 1. The quantitative estimate of drug-likeness (QED) is 0.631. The van der Waals surface area contributed by atoms with Crippen LogP contribution in [-0.4, -0.2) is 73.1 Å². The van der Waals surface area contributed by atoms with Crippen LogP contribution in [0.2, 0.25) is 0 Å². The number of piperazine rings is 1. The van der Waals surface area contributed by atoms with Crippen molar-refractivity contribution in [1.82, 2.24) is 15.1 Å². The maximum absolute atomic E-state index is 12.8. The molecule has 8 nitrogen and oxygen atoms in total. The lowest BCUT2D eigenvalue weighted by Gasteiger charge is -2.32. The van der Waals surface area contributed by atoms with Gasteiger partial charge in [0.1, 0.15) is 5.75 Å². The molecule has 1 amide bonds. The third kappa shape index (κ3) is 4.20. The third-order valence-corrected chi connectivity index (χ3v) is 4.74. The van der Waals surface area contributed by atoms with Crippen LogP contribution < -0.4 is 10.1 Å². The fourth-order valence-electron chi connectivity index (χ4n) is 3.42. The van der Waals surface area contributed by atoms with Crippen molar-refractivity contribution in [3.63, 3.8) is 0 Å². The van der Waals surface area contributed by atoms with E-state index in [9.17, 15) is 14.9 Å². The maximum Gasteiger partial charge on any atom is 0.270 e. The van der Waals surface area contributed by atoms with Gasteiger partial charge < -0.3 is 15.0 Å². The van der Waals surface area contributed by atoms with Crippen molar-refractivity contribution in [2.75, 3.05) is 46.4 Å². The van der Waals surface area contributed by atoms with Gasteiger partial charge in [0.2, 0.25) is 0 Å². The molecule has 1 N–H and O–H groups in total. The lowest BCUT2D eigenvalue weighted by Crippen LogP contribution is -2.49. The number of halogens is 1. The summed E-state index contributed by atoms with van der Waals surface area (Å²) < 4.78 is 5.22. The first-order valence-electron chi connectivity index (χ1n) is 8.16. The zero-order valence-corrected chi connectivity index (χ0v) is 15.0. The first kappa shape index (κ1) is 19.4. The molecule has 1 unspecified atom stereocenters. The highest BCUT2D eigenvalue weighted by atomic mass is 35.5. The number of carbonyl (C=O) groups is 1. The summed E-state index contributed by atoms with van der Waals surface area (Å²) in [6.07, 6.45) is 0.934. The molecule has 3 rings (SSSR count). The van der Waals surface area contributed by atoms with Crippen LogP contribution in [0.5, 0.6) is 5.75 Å². The van der Waals surface area contributed by atoms with Gasteiger partial charge in [0.25, 0.3) is 11.6 Å². The van der Waals surface area contributed by atoms with E-state index < -0.39 is 4.92 Å². The molecule has 0 spiro atoms. The molecule has 0 bridgehead atoms. The summed E-state index contributed by atoms with van der Waals surface area (Å²) >= 11 is 0. The lowest BCUT2D eigenvalue weighted by atomic mass is 10.1. The maximum atomic E-state index is 12.8. The van der Waals surface area contributed by atoms with Crippen LogP contribution >= 0.6 is 12.4 Å². The average Bonchev–Trinajstić information content (AvgIpc) is 3.11. The summed E-state index contributed by atoms with van der Waals surface area (Å²) in [4.78, 5) is 27.5. The number of amides is 1. The highest BCUT2D eigenvalue weighted by Crippen LogP contribution is 2.27. The van der Waals surface area contributed by atoms with E-state index in [0.717, 1.165) is 32.6 Å². The molecule has 1 aromatic rings. The topological polar surface area (TPSA) is 87.9 Å². The molecule has 2 aliphatic heterocycles. The van der Waals surface area contributed by atoms with Crippen molar-refractivity contribution in [3.8, 4) is 5.75 Å². The number of non-ortho nitro benzene ring substituents is 1. The Kier molecular flexibility index (Phi) is 6.57. The second-order valence-electron chi connectivity index (χ2n) is 6.12. The van der Waals surface area contributed by atoms with Crippen LogP contribution in [0.4, 0.5) is 5.69 Å². The molecule has 0 saturated carbocycles. The number of methoxy groups -OCH3 is 1. The first-order chi connectivity index (χ1) is 11.6. The predicted molar refractivity (Wildman–Crippen MR) is 95.6 cm³/mol. The van der Waals surface area contributed by atoms with Crippen LogP contribution in [0.25, 0.3) is 0 Å². The smallest absolute Gasteiger partial charge is 0.270 e. The molecule has 138 valence electrons. The Morgan fingerprint density at radius 1 is 1.32 bits per heavy atom. The fourth-order valence-corrected chi connectivity index (χ4v) is 3.42. The Hall–Kier alpha value is -1.90. The van der Waals surface area contributed by atoms with Gasteiger partial charge >= 0.3 is 0 Å². The number of ether oxygens (including phenoxy) is 1. The van der Waals surface area contributed by atoms with Crippen molar-refractivity contribution in [1.29, 1.82) is 0 Å². The zero-order chi connectivity index (χ0) is 17.1. The predicted octanol–water partition coefficient (Wildman–Crippen LogP) is 1.14. The van der Waals surface area contributed by atoms with E-state index in [-0.39, 0.29) is 29.6 Å². The largest absolute Gasteiger partial charge is 0.496 e. The van der Waals surface area contributed by atoms with E-state index in [1.54, 1.807) is 4.90 Å². The first-order valence-corrected chi connectivity index (χ1v) is 8.16. The van der Waals surface area contributed by atoms with Crippen molar-refractivity contribution in [3.05, 3.63) is 33.9 Å². The van der Waals surface area contributed by atoms with E-state index in [4.69, 9.17) is 4.74 Å². The third-order valence-electron chi connectivity index (χ3n) is 4.74. The Balaban J connectivity index is 0.00000225. The number of nitro groups is 1. The number of rotatable bonds is 4. The summed E-state index contributed by atoms with van der Waals surface area (Å²) in [5.74, 6) is 0.171. The average molecular weight is 371 g/mol. The minimum Gasteiger partial charge on any atom is -0.496 e. The molecular weight excluding hydrogens is 348 g/mol. The summed E-state index contributed by atoms with van der Waals surface area (Å²) in [5, 5.41) is 14.3. The number of hydrogen-bond acceptors (Lipinski definition) is 6. The minimum atomic E-state index is -0.496. The number of carbonyl (C=O) groups excluding carboxylic acids is 1. The molecule has 0 aromatic heterocycles. The summed E-state index contributed by atoms with van der Waals surface area (Å²) in [6.45, 7) is 5.26. The van der Waals surface area contributed by atoms with Crippen LogP contribution in [0.15, 0.2) is 18.2 Å². The zero-order valence-electron chi connectivity index (χ0n) is 14.1. The Labute approximate surface area is 152 Å². The number of benzene rings is 1. The molecular formula is C16H23ClN4O4. The van der Waals surface area contributed by atoms with Gasteiger partial charge in [0.05, 0.1) is 17.6 Å². The van der Waals surface area contributed by atoms with Crippen LogP contribution in [0.3, 0.4) is 0 Å². The van der Waals surface area contributed by atoms with Gasteiger partial charge in [-0.2, -0.15) is 0 Å². The Morgan fingerprint density at radius 3 is 2.68 bits per heavy atom. The molecule has 25 heavy (non-hydrogen) atoms. The standard InChI is InChI=1S/C16H22N4O4.ClH/c1-24-15-3-2-12(20(22)23)10-14(15)16(21)19-7-4-13(11-19)18-8-5-17-6-9-18;/h2-3,10,13,17H,4-9,11H2,1H3;1H. The number of likely N-dealkylation sites (tertiary alicyclic amines) is 1. The molecule has 2 heterocycles. The van der Waals surface area contributed by atoms with E-state index in [2.05, 4.69) is 10.2 Å². The van der Waals surface area contributed by atoms with Gasteiger partial charge in [0, 0.05) is 57.4 Å². The highest BCUT2D eigenvalue weighted by molar-refractivity contribution is 5.97. The van der Waals surface area contributed by atoms with Crippen LogP contribution in [0, 0.1) is 10.1 Å². The van der Waals surface area contributed by atoms with Crippen molar-refractivity contribution >= 4 is 24.0 Å². The minimum absolute atomic E-state index is 0. The van der Waals surface area contributed by atoms with Crippen LogP contribution in [0.1, 0.15) is 16.8 Å². The number of nitrogens with zero attached hydrogens (tertiary/aromatic N) is 3. The number of nitrogens with one attached hydrogen (secondary N) is 1. The van der Waals surface area contributed by atoms with Gasteiger partial charge in [-0.1, -0.05) is 0 Å². The summed E-state index contributed by atoms with van der Waals surface area (Å²) in [7, 11) is 1.46. The molecule has 2 aliphatic rings. The second-order valence-corrected chi connectivity index (χ2v) is 6.12. The van der Waals surface area contributed by atoms with E-state index in [1.165, 1.54) is 25.3 Å². The van der Waals surface area contributed by atoms with E-state index >= 15 is 0 Å². The molecule has 1 atom stereocenters. The van der Waals surface area contributed by atoms with Crippen molar-refractivity contribution in [2.45, 2.75) is 12.5 Å². The van der Waals surface area contributed by atoms with Gasteiger partial charge in [-0.25, -0.2) is 0 Å². The highest BCUT2D eigenvalue weighted by Gasteiger charge is 2.32. The molecule has 0 radical (unpaired) electrons. The number of nitro benzene ring substituents is 1. The SMILES string of the molecule is COc1ccc([N+](=O)[O-])cc1C(=O)N1CCC(N2CCNCC2)C1.Cl. The molecule has 0 aliphatic carbocycles. The second kappa shape index (κ2) is 8.46. The van der Waals surface area contributed by atoms with Gasteiger partial charge in [-0.3, -0.25) is 19.8 Å². The van der Waals surface area contributed by atoms with Crippen LogP contribution in [-0.2, 0) is 0 Å². The normalized spacial score (nSPS) is 20.8. The summed E-state index contributed by atoms with van der Waals surface area (Å²) in [5.41, 5.74) is 0.157. The molecule has 9 heteroatoms. The lowest BCUT2D eigenvalue weighted by molar-refractivity contribution is -0.384. The monoisotopic (exact) mass is 370 g/mol. The van der Waals surface area contributed by atoms with Gasteiger partial charge in [-0.05, 0) is 12.5 Å². The Morgan fingerprint density at radius 2 is 2.04 bits per heavy atom. The van der Waals surface area contributed by atoms with E-state index in [0.29, 0.717) is 24.9 Å². The molecule has 2 saturated heterocycles. The summed E-state index contributed by atoms with van der Waals surface area (Å²) in [6, 6.07) is 4.50. The fraction of sp³-hybridized carbons (Fsp3) is 0.562. The van der Waals surface area contributed by atoms with Gasteiger partial charge in [0.15, 0.2) is 0 Å².